The van der Waals surface area contributed by atoms with E-state index in [1.165, 1.54) is 59.5 Å². The number of phenols is 1. The number of hydrazine groups is 1. The van der Waals surface area contributed by atoms with E-state index in [0.29, 0.717) is 50.4 Å². The molecule has 2 fully saturated rings. The number of imide groups is 1. The summed E-state index contributed by atoms with van der Waals surface area (Å²) >= 11 is 12.6. The minimum atomic E-state index is -4.80. The molecule has 22 heteroatoms. The molecule has 2 N–H and O–H groups in total. The number of carbonyl (C=O) groups excluding carboxylic acids is 2. The number of hydrogen-bond donors (Lipinski definition) is 2. The maximum atomic E-state index is 15.4. The molecule has 66 heavy (non-hydrogen) atoms. The average molecular weight is 950 g/mol. The lowest BCUT2D eigenvalue weighted by Crippen LogP contribution is -2.53. The van der Waals surface area contributed by atoms with Crippen molar-refractivity contribution < 1.29 is 42.1 Å². The topological polar surface area (TPSA) is 194 Å². The van der Waals surface area contributed by atoms with E-state index >= 15 is 4.79 Å². The highest BCUT2D eigenvalue weighted by atomic mass is 35.5. The SMILES string of the molecule is COc1ccc([C@H]2C3=CCn4c(=O)n(CCc5nc6cc(OC)c(OC)cc6n(C)c5=O)c(=O)n4[C@@H]3C[C@H]3C(=O)N(Nc4ncc(C(F)(F)F)cc4Cl)C(=O)[C@@]23c2ccc(Cl)cc2)c(O)c1. The summed E-state index contributed by atoms with van der Waals surface area (Å²) in [6.07, 6.45) is -3.04. The van der Waals surface area contributed by atoms with Gasteiger partial charge in [-0.15, -0.1) is 0 Å². The van der Waals surface area contributed by atoms with Gasteiger partial charge in [0.2, 0.25) is 0 Å². The summed E-state index contributed by atoms with van der Waals surface area (Å²) in [5.74, 6) is -4.13. The number of halogens is 5. The first-order chi connectivity index (χ1) is 31.4. The number of nitrogens with zero attached hydrogens (tertiary/aromatic N) is 7. The van der Waals surface area contributed by atoms with Gasteiger partial charge in [0.05, 0.1) is 66.9 Å². The van der Waals surface area contributed by atoms with Gasteiger partial charge in [-0.3, -0.25) is 19.8 Å². The van der Waals surface area contributed by atoms with Gasteiger partial charge in [0.15, 0.2) is 17.3 Å². The quantitative estimate of drug-likeness (QED) is 0.132. The summed E-state index contributed by atoms with van der Waals surface area (Å²) in [4.78, 5) is 81.2. The number of anilines is 1. The van der Waals surface area contributed by atoms with Crippen molar-refractivity contribution in [3.63, 3.8) is 0 Å². The number of fused-ring (bicyclic) bond motifs is 5. The lowest BCUT2D eigenvalue weighted by atomic mass is 9.53. The fourth-order valence-electron chi connectivity index (χ4n) is 9.61. The van der Waals surface area contributed by atoms with E-state index in [9.17, 15) is 37.5 Å². The van der Waals surface area contributed by atoms with E-state index in [4.69, 9.17) is 37.4 Å². The molecule has 6 aromatic rings. The smallest absolute Gasteiger partial charge is 0.417 e. The van der Waals surface area contributed by atoms with Gasteiger partial charge in [-0.25, -0.2) is 33.5 Å². The van der Waals surface area contributed by atoms with Crippen molar-refractivity contribution >= 4 is 51.9 Å². The van der Waals surface area contributed by atoms with Crippen LogP contribution in [0.3, 0.4) is 0 Å². The summed E-state index contributed by atoms with van der Waals surface area (Å²) < 4.78 is 61.7. The molecule has 3 aliphatic rings. The van der Waals surface area contributed by atoms with Crippen LogP contribution < -0.4 is 36.6 Å². The number of phenolic OH excluding ortho intramolecular Hbond substituents is 1. The molecule has 3 aromatic heterocycles. The number of amides is 2. The van der Waals surface area contributed by atoms with E-state index in [2.05, 4.69) is 15.4 Å². The Hall–Kier alpha value is -7.06. The highest BCUT2D eigenvalue weighted by Crippen LogP contribution is 2.63. The van der Waals surface area contributed by atoms with E-state index in [1.54, 1.807) is 43.5 Å². The van der Waals surface area contributed by atoms with E-state index in [1.807, 2.05) is 0 Å². The fourth-order valence-corrected chi connectivity index (χ4v) is 9.95. The summed E-state index contributed by atoms with van der Waals surface area (Å²) in [5, 5.41) is 12.1. The Morgan fingerprint density at radius 1 is 0.924 bits per heavy atom. The second kappa shape index (κ2) is 16.1. The number of carbonyl (C=O) groups is 2. The second-order valence-electron chi connectivity index (χ2n) is 15.9. The molecule has 342 valence electrons. The standard InChI is InChI=1S/C44H37Cl2F3N8O9/c1-53-32-19-35(66-4)34(65-3)18-30(32)51-29(39(53)60)12-13-54-41(62)55-14-11-25-31(57(55)42(54)63)17-27-38(59)56(52-37-28(46)15-22(20-50-37)44(47,48)49)40(61)43(27,21-5-7-23(45)8-6-21)36(25)26-10-9-24(64-2)16-33(26)58/h5-11,15-16,18-20,27,31,36,58H,12-14,17H2,1-4H3,(H,50,52)/t27-,31+,36+,43+/m0/s1. The number of aromatic hydroxyl groups is 1. The molecule has 3 aromatic carbocycles. The van der Waals surface area contributed by atoms with Crippen molar-refractivity contribution in [1.82, 2.24) is 33.5 Å². The van der Waals surface area contributed by atoms with Crippen molar-refractivity contribution in [3.05, 3.63) is 142 Å². The first-order valence-corrected chi connectivity index (χ1v) is 20.9. The minimum Gasteiger partial charge on any atom is -0.508 e. The van der Waals surface area contributed by atoms with Crippen LogP contribution in [-0.4, -0.2) is 71.7 Å². The van der Waals surface area contributed by atoms with Crippen LogP contribution in [0, 0.1) is 5.92 Å². The second-order valence-corrected chi connectivity index (χ2v) is 16.7. The Labute approximate surface area is 380 Å². The van der Waals surface area contributed by atoms with Crippen LogP contribution in [0.25, 0.3) is 11.0 Å². The monoisotopic (exact) mass is 948 g/mol. The summed E-state index contributed by atoms with van der Waals surface area (Å²) in [7, 11) is 5.86. The third-order valence-electron chi connectivity index (χ3n) is 12.7. The zero-order valence-corrected chi connectivity index (χ0v) is 36.7. The van der Waals surface area contributed by atoms with Crippen LogP contribution in [0.4, 0.5) is 19.0 Å². The van der Waals surface area contributed by atoms with Gasteiger partial charge >= 0.3 is 17.6 Å². The molecule has 1 saturated heterocycles. The molecular formula is C44H37Cl2F3N8O9. The number of pyridine rings is 1. The van der Waals surface area contributed by atoms with Crippen LogP contribution in [0.1, 0.15) is 40.8 Å². The minimum absolute atomic E-state index is 0.0576. The number of hydrogen-bond acceptors (Lipinski definition) is 12. The first kappa shape index (κ1) is 44.2. The molecule has 17 nitrogen and oxygen atoms in total. The zero-order valence-electron chi connectivity index (χ0n) is 35.2. The van der Waals surface area contributed by atoms with Gasteiger partial charge in [0.1, 0.15) is 17.2 Å². The number of aryl methyl sites for hydroxylation is 2. The molecule has 0 bridgehead atoms. The molecule has 1 saturated carbocycles. The number of methoxy groups -OCH3 is 3. The predicted octanol–water partition coefficient (Wildman–Crippen LogP) is 5.37. The number of rotatable bonds is 10. The largest absolute Gasteiger partial charge is 0.508 e. The Bertz CT molecular complexity index is 3240. The average Bonchev–Trinajstić information content (AvgIpc) is 3.66. The zero-order chi connectivity index (χ0) is 47.1. The van der Waals surface area contributed by atoms with Gasteiger partial charge < -0.3 is 23.9 Å². The lowest BCUT2D eigenvalue weighted by Gasteiger charge is -2.49. The van der Waals surface area contributed by atoms with Crippen molar-refractivity contribution in [1.29, 1.82) is 0 Å². The molecule has 2 amide bonds. The van der Waals surface area contributed by atoms with Crippen LogP contribution >= 0.6 is 23.2 Å². The molecule has 1 aliphatic carbocycles. The lowest BCUT2D eigenvalue weighted by molar-refractivity contribution is -0.139. The predicted molar refractivity (Wildman–Crippen MR) is 232 cm³/mol. The van der Waals surface area contributed by atoms with Crippen LogP contribution in [0.15, 0.2) is 92.9 Å². The van der Waals surface area contributed by atoms with Gasteiger partial charge in [-0.1, -0.05) is 47.5 Å². The van der Waals surface area contributed by atoms with E-state index in [0.717, 1.165) is 4.57 Å². The highest BCUT2D eigenvalue weighted by molar-refractivity contribution is 6.33. The van der Waals surface area contributed by atoms with Gasteiger partial charge in [0.25, 0.3) is 17.4 Å². The summed E-state index contributed by atoms with van der Waals surface area (Å²) in [6, 6.07) is 13.3. The molecule has 9 rings (SSSR count). The van der Waals surface area contributed by atoms with Crippen LogP contribution in [0.5, 0.6) is 23.0 Å². The molecule has 0 radical (unpaired) electrons. The normalized spacial score (nSPS) is 20.2. The molecule has 5 heterocycles. The number of benzene rings is 3. The summed E-state index contributed by atoms with van der Waals surface area (Å²) in [6.45, 7) is -0.459. The Kier molecular flexibility index (Phi) is 10.8. The van der Waals surface area contributed by atoms with Crippen LogP contribution in [0.2, 0.25) is 10.0 Å². The Morgan fingerprint density at radius 3 is 2.29 bits per heavy atom. The molecular weight excluding hydrogens is 912 g/mol. The van der Waals surface area contributed by atoms with Crippen molar-refractivity contribution in [2.24, 2.45) is 13.0 Å². The number of alkyl halides is 3. The van der Waals surface area contributed by atoms with E-state index in [-0.39, 0.29) is 54.3 Å². The van der Waals surface area contributed by atoms with Gasteiger partial charge in [-0.05, 0) is 41.8 Å². The summed E-state index contributed by atoms with van der Waals surface area (Å²) in [5.41, 5.74) is -0.791. The first-order valence-electron chi connectivity index (χ1n) is 20.2. The maximum absolute atomic E-state index is 15.4. The molecule has 0 unspecified atom stereocenters. The fraction of sp³-hybridized carbons (Fsp3) is 0.295. The third-order valence-corrected chi connectivity index (χ3v) is 13.2. The van der Waals surface area contributed by atoms with E-state index < -0.39 is 74.6 Å². The molecule has 0 spiro atoms. The van der Waals surface area contributed by atoms with Gasteiger partial charge in [-0.2, -0.15) is 18.2 Å². The third kappa shape index (κ3) is 6.71. The Morgan fingerprint density at radius 2 is 1.64 bits per heavy atom. The Balaban J connectivity index is 1.18. The van der Waals surface area contributed by atoms with Crippen molar-refractivity contribution in [2.45, 2.75) is 49.5 Å². The van der Waals surface area contributed by atoms with Crippen molar-refractivity contribution in [3.8, 4) is 23.0 Å². The molecule has 4 atom stereocenters. The maximum Gasteiger partial charge on any atom is 0.417 e. The number of aromatic nitrogens is 6. The highest BCUT2D eigenvalue weighted by Gasteiger charge is 2.69. The number of allylic oxidation sites excluding steroid dienone is 2. The molecule has 2 aliphatic heterocycles. The van der Waals surface area contributed by atoms with Gasteiger partial charge in [0, 0.05) is 60.9 Å². The van der Waals surface area contributed by atoms with Crippen LogP contribution in [-0.2, 0) is 47.7 Å². The number of nitrogens with one attached hydrogen (secondary N) is 1. The van der Waals surface area contributed by atoms with Crippen molar-refractivity contribution in [2.75, 3.05) is 26.8 Å². The number of ether oxygens (including phenoxy) is 3.